The Morgan fingerprint density at radius 3 is 2.28 bits per heavy atom. The fourth-order valence-electron chi connectivity index (χ4n) is 2.61. The molecule has 0 aliphatic rings. The Labute approximate surface area is 172 Å². The van der Waals surface area contributed by atoms with E-state index in [0.717, 1.165) is 5.56 Å². The molecule has 1 aromatic carbocycles. The Morgan fingerprint density at radius 2 is 1.69 bits per heavy atom. The van der Waals surface area contributed by atoms with E-state index < -0.39 is 29.8 Å². The quantitative estimate of drug-likeness (QED) is 0.521. The van der Waals surface area contributed by atoms with Gasteiger partial charge in [-0.3, -0.25) is 4.90 Å². The largest absolute Gasteiger partial charge is 0.464 e. The van der Waals surface area contributed by atoms with Gasteiger partial charge in [-0.2, -0.15) is 0 Å². The van der Waals surface area contributed by atoms with Gasteiger partial charge in [0, 0.05) is 12.7 Å². The molecule has 1 rings (SSSR count). The van der Waals surface area contributed by atoms with Crippen molar-refractivity contribution in [2.24, 2.45) is 0 Å². The number of hydrogen-bond acceptors (Lipinski definition) is 6. The number of anilines is 1. The van der Waals surface area contributed by atoms with Crippen LogP contribution in [0.2, 0.25) is 0 Å². The average Bonchev–Trinajstić information content (AvgIpc) is 2.63. The van der Waals surface area contributed by atoms with E-state index in [1.165, 1.54) is 4.90 Å². The van der Waals surface area contributed by atoms with Crippen molar-refractivity contribution in [1.82, 2.24) is 5.32 Å². The maximum atomic E-state index is 12.3. The number of carbonyl (C=O) groups excluding carboxylic acids is 3. The normalized spacial score (nSPS) is 11.9. The molecule has 0 fully saturated rings. The highest BCUT2D eigenvalue weighted by molar-refractivity contribution is 5.88. The van der Waals surface area contributed by atoms with Gasteiger partial charge in [-0.1, -0.05) is 18.2 Å². The van der Waals surface area contributed by atoms with Crippen LogP contribution in [0, 0.1) is 0 Å². The zero-order valence-corrected chi connectivity index (χ0v) is 18.1. The summed E-state index contributed by atoms with van der Waals surface area (Å²) in [6, 6.07) is 6.45. The summed E-state index contributed by atoms with van der Waals surface area (Å²) in [6.45, 7) is 9.15. The molecule has 1 unspecified atom stereocenters. The maximum absolute atomic E-state index is 12.3. The molecule has 29 heavy (non-hydrogen) atoms. The topological polar surface area (TPSA) is 94.2 Å². The summed E-state index contributed by atoms with van der Waals surface area (Å²) < 4.78 is 15.4. The molecule has 0 spiro atoms. The highest BCUT2D eigenvalue weighted by Crippen LogP contribution is 2.22. The zero-order valence-electron chi connectivity index (χ0n) is 18.1. The van der Waals surface area contributed by atoms with Crippen molar-refractivity contribution in [1.29, 1.82) is 0 Å². The molecule has 1 N–H and O–H groups in total. The zero-order chi connectivity index (χ0) is 22.0. The molecule has 2 amide bonds. The number of alkyl carbamates (subject to hydrolysis) is 1. The number of hydrogen-bond donors (Lipinski definition) is 1. The number of nitrogens with zero attached hydrogens (tertiary/aromatic N) is 1. The summed E-state index contributed by atoms with van der Waals surface area (Å²) in [5.74, 6) is -0.533. The lowest BCUT2D eigenvalue weighted by Gasteiger charge is -2.24. The Morgan fingerprint density at radius 1 is 1.07 bits per heavy atom. The van der Waals surface area contributed by atoms with E-state index in [1.54, 1.807) is 47.7 Å². The molecule has 162 valence electrons. The van der Waals surface area contributed by atoms with Gasteiger partial charge in [0.05, 0.1) is 13.2 Å². The molecule has 0 aromatic heterocycles. The van der Waals surface area contributed by atoms with Gasteiger partial charge in [0.2, 0.25) is 0 Å². The number of nitrogens with one attached hydrogen (secondary N) is 1. The minimum atomic E-state index is -0.870. The number of carbonyl (C=O) groups is 3. The molecule has 0 aliphatic heterocycles. The van der Waals surface area contributed by atoms with E-state index in [4.69, 9.17) is 14.2 Å². The Bertz CT molecular complexity index is 699. The molecule has 0 bridgehead atoms. The molecule has 0 saturated heterocycles. The Hall–Kier alpha value is -2.77. The summed E-state index contributed by atoms with van der Waals surface area (Å²) in [7, 11) is 1.62. The van der Waals surface area contributed by atoms with Gasteiger partial charge in [-0.25, -0.2) is 14.4 Å². The standard InChI is InChI=1S/C21H32N2O6/c1-7-27-18(24)16(22-19(25)29-21(3,4)5)14-13-15-11-9-10-12-17(15)23(6)20(26)28-8-2/h9-12,16H,7-8,13-14H2,1-6H3,(H,22,25). The first-order valence-electron chi connectivity index (χ1n) is 9.73. The summed E-state index contributed by atoms with van der Waals surface area (Å²) in [4.78, 5) is 37.9. The summed E-state index contributed by atoms with van der Waals surface area (Å²) in [5, 5.41) is 2.58. The molecule has 1 aromatic rings. The van der Waals surface area contributed by atoms with Gasteiger partial charge in [-0.05, 0) is 59.1 Å². The predicted octanol–water partition coefficient (Wildman–Crippen LogP) is 3.67. The maximum Gasteiger partial charge on any atom is 0.414 e. The van der Waals surface area contributed by atoms with E-state index in [9.17, 15) is 14.4 Å². The van der Waals surface area contributed by atoms with E-state index in [1.807, 2.05) is 18.2 Å². The second kappa shape index (κ2) is 11.3. The average molecular weight is 408 g/mol. The van der Waals surface area contributed by atoms with Crippen LogP contribution in [0.15, 0.2) is 24.3 Å². The summed E-state index contributed by atoms with van der Waals surface area (Å²) in [6.07, 6.45) is -0.438. The third-order valence-corrected chi connectivity index (χ3v) is 3.86. The van der Waals surface area contributed by atoms with Gasteiger partial charge in [0.25, 0.3) is 0 Å². The first-order valence-corrected chi connectivity index (χ1v) is 9.73. The Balaban J connectivity index is 2.92. The van der Waals surface area contributed by atoms with E-state index in [-0.39, 0.29) is 19.6 Å². The van der Waals surface area contributed by atoms with Crippen LogP contribution in [0.5, 0.6) is 0 Å². The number of aryl methyl sites for hydroxylation is 1. The minimum absolute atomic E-state index is 0.202. The Kier molecular flexibility index (Phi) is 9.44. The molecule has 0 radical (unpaired) electrons. The third kappa shape index (κ3) is 8.41. The molecular weight excluding hydrogens is 376 g/mol. The molecule has 1 atom stereocenters. The predicted molar refractivity (Wildman–Crippen MR) is 110 cm³/mol. The van der Waals surface area contributed by atoms with Crippen molar-refractivity contribution in [3.8, 4) is 0 Å². The SMILES string of the molecule is CCOC(=O)C(CCc1ccccc1N(C)C(=O)OCC)NC(=O)OC(C)(C)C. The fraction of sp³-hybridized carbons (Fsp3) is 0.571. The van der Waals surface area contributed by atoms with Crippen molar-refractivity contribution in [3.05, 3.63) is 29.8 Å². The van der Waals surface area contributed by atoms with Gasteiger partial charge in [0.15, 0.2) is 0 Å². The second-order valence-electron chi connectivity index (χ2n) is 7.38. The summed E-state index contributed by atoms with van der Waals surface area (Å²) >= 11 is 0. The molecule has 0 heterocycles. The second-order valence-corrected chi connectivity index (χ2v) is 7.38. The highest BCUT2D eigenvalue weighted by atomic mass is 16.6. The monoisotopic (exact) mass is 408 g/mol. The van der Waals surface area contributed by atoms with Gasteiger partial charge in [-0.15, -0.1) is 0 Å². The van der Waals surface area contributed by atoms with Gasteiger partial charge >= 0.3 is 18.2 Å². The van der Waals surface area contributed by atoms with Crippen LogP contribution >= 0.6 is 0 Å². The lowest BCUT2D eigenvalue weighted by atomic mass is 10.0. The lowest BCUT2D eigenvalue weighted by molar-refractivity contribution is -0.145. The number of benzene rings is 1. The number of rotatable bonds is 8. The lowest BCUT2D eigenvalue weighted by Crippen LogP contribution is -2.44. The highest BCUT2D eigenvalue weighted by Gasteiger charge is 2.26. The van der Waals surface area contributed by atoms with E-state index in [0.29, 0.717) is 12.1 Å². The number of para-hydroxylation sites is 1. The molecule has 0 aliphatic carbocycles. The van der Waals surface area contributed by atoms with Gasteiger partial charge < -0.3 is 19.5 Å². The fourth-order valence-corrected chi connectivity index (χ4v) is 2.61. The van der Waals surface area contributed by atoms with Gasteiger partial charge in [0.1, 0.15) is 11.6 Å². The van der Waals surface area contributed by atoms with E-state index in [2.05, 4.69) is 5.32 Å². The first-order chi connectivity index (χ1) is 13.6. The minimum Gasteiger partial charge on any atom is -0.464 e. The number of esters is 1. The van der Waals surface area contributed by atoms with Crippen LogP contribution in [-0.4, -0.2) is 50.1 Å². The van der Waals surface area contributed by atoms with Crippen LogP contribution in [0.25, 0.3) is 0 Å². The van der Waals surface area contributed by atoms with E-state index >= 15 is 0 Å². The van der Waals surface area contributed by atoms with Crippen LogP contribution in [0.4, 0.5) is 15.3 Å². The first kappa shape index (κ1) is 24.3. The number of ether oxygens (including phenoxy) is 3. The van der Waals surface area contributed by atoms with Crippen molar-refractivity contribution < 1.29 is 28.6 Å². The molecule has 8 heteroatoms. The van der Waals surface area contributed by atoms with Crippen LogP contribution in [-0.2, 0) is 25.4 Å². The van der Waals surface area contributed by atoms with Crippen molar-refractivity contribution in [2.45, 2.75) is 59.1 Å². The molecule has 8 nitrogen and oxygen atoms in total. The van der Waals surface area contributed by atoms with Crippen LogP contribution < -0.4 is 10.2 Å². The molecular formula is C21H32N2O6. The van der Waals surface area contributed by atoms with Crippen molar-refractivity contribution >= 4 is 23.8 Å². The number of amides is 2. The summed E-state index contributed by atoms with van der Waals surface area (Å²) in [5.41, 5.74) is 0.826. The van der Waals surface area contributed by atoms with Crippen molar-refractivity contribution in [3.63, 3.8) is 0 Å². The van der Waals surface area contributed by atoms with Crippen molar-refractivity contribution in [2.75, 3.05) is 25.2 Å². The smallest absolute Gasteiger partial charge is 0.414 e. The van der Waals surface area contributed by atoms with Crippen LogP contribution in [0.3, 0.4) is 0 Å². The molecule has 0 saturated carbocycles. The third-order valence-electron chi connectivity index (χ3n) is 3.86. The van der Waals surface area contributed by atoms with Crippen LogP contribution in [0.1, 0.15) is 46.6 Å².